The average Bonchev–Trinajstić information content (AvgIpc) is 3.46. The van der Waals surface area contributed by atoms with E-state index in [2.05, 4.69) is 22.3 Å². The van der Waals surface area contributed by atoms with Crippen LogP contribution in [0.25, 0.3) is 0 Å². The van der Waals surface area contributed by atoms with E-state index in [0.29, 0.717) is 41.6 Å². The van der Waals surface area contributed by atoms with E-state index in [1.165, 1.54) is 9.87 Å². The summed E-state index contributed by atoms with van der Waals surface area (Å²) in [5, 5.41) is 2.36. The molecule has 2 saturated heterocycles. The van der Waals surface area contributed by atoms with E-state index in [-0.39, 0.29) is 18.2 Å². The zero-order valence-electron chi connectivity index (χ0n) is 23.2. The number of nitrogens with zero attached hydrogens (tertiary/aromatic N) is 3. The molecule has 0 aliphatic carbocycles. The van der Waals surface area contributed by atoms with E-state index < -0.39 is 22.0 Å². The number of likely N-dealkylation sites (tertiary alicyclic amines) is 1. The standard InChI is InChI=1S/C32H32N4O5S/c37-30-11-10-28(31(38)33-30)35-19-25-17-23(8-9-27(25)32(35)39)22-12-14-34(15-13-22)18-21-4-3-6-26(16-21)36-20-24-5-1-2-7-29(24)42(36,40)41/h1-9,16-17,22,28H,10-15,18-20H2,(H,33,37,38). The summed E-state index contributed by atoms with van der Waals surface area (Å²) < 4.78 is 27.8. The topological polar surface area (TPSA) is 107 Å². The summed E-state index contributed by atoms with van der Waals surface area (Å²) >= 11 is 0. The molecule has 0 bridgehead atoms. The van der Waals surface area contributed by atoms with Gasteiger partial charge in [-0.15, -0.1) is 0 Å². The molecule has 1 unspecified atom stereocenters. The Balaban J connectivity index is 0.986. The number of benzene rings is 3. The minimum atomic E-state index is -3.55. The molecule has 3 amide bonds. The first-order chi connectivity index (χ1) is 20.3. The van der Waals surface area contributed by atoms with Crippen molar-refractivity contribution in [2.24, 2.45) is 0 Å². The van der Waals surface area contributed by atoms with Crippen LogP contribution in [0.5, 0.6) is 0 Å². The van der Waals surface area contributed by atoms with Gasteiger partial charge in [0.15, 0.2) is 0 Å². The first-order valence-electron chi connectivity index (χ1n) is 14.5. The van der Waals surface area contributed by atoms with Crippen LogP contribution >= 0.6 is 0 Å². The predicted molar refractivity (Wildman–Crippen MR) is 156 cm³/mol. The number of imide groups is 1. The van der Waals surface area contributed by atoms with Crippen LogP contribution in [0.4, 0.5) is 5.69 Å². The molecule has 7 rings (SSSR count). The number of piperidine rings is 2. The normalized spacial score (nSPS) is 22.3. The van der Waals surface area contributed by atoms with E-state index in [1.807, 2.05) is 42.5 Å². The summed E-state index contributed by atoms with van der Waals surface area (Å²) in [6.07, 6.45) is 2.58. The summed E-state index contributed by atoms with van der Waals surface area (Å²) in [4.78, 5) is 41.3. The van der Waals surface area contributed by atoms with Crippen molar-refractivity contribution in [2.45, 2.75) is 62.2 Å². The fourth-order valence-corrected chi connectivity index (χ4v) is 8.47. The van der Waals surface area contributed by atoms with Crippen molar-refractivity contribution in [3.8, 4) is 0 Å². The van der Waals surface area contributed by atoms with E-state index in [0.717, 1.165) is 49.2 Å². The van der Waals surface area contributed by atoms with Crippen molar-refractivity contribution >= 4 is 33.4 Å². The lowest BCUT2D eigenvalue weighted by molar-refractivity contribution is -0.136. The van der Waals surface area contributed by atoms with Crippen LogP contribution in [0, 0.1) is 0 Å². The Morgan fingerprint density at radius 3 is 2.43 bits per heavy atom. The number of sulfonamides is 1. The molecule has 4 aliphatic heterocycles. The van der Waals surface area contributed by atoms with Crippen LogP contribution in [0.3, 0.4) is 0 Å². The molecule has 3 aromatic rings. The van der Waals surface area contributed by atoms with Crippen molar-refractivity contribution in [3.05, 3.63) is 94.5 Å². The van der Waals surface area contributed by atoms with Crippen LogP contribution in [0.1, 0.15) is 64.2 Å². The Kier molecular flexibility index (Phi) is 6.62. The second kappa shape index (κ2) is 10.4. The Morgan fingerprint density at radius 2 is 1.64 bits per heavy atom. The van der Waals surface area contributed by atoms with Crippen molar-refractivity contribution in [1.29, 1.82) is 0 Å². The van der Waals surface area contributed by atoms with Gasteiger partial charge in [-0.1, -0.05) is 42.5 Å². The average molecular weight is 585 g/mol. The third-order valence-electron chi connectivity index (χ3n) is 9.07. The molecule has 0 saturated carbocycles. The van der Waals surface area contributed by atoms with Gasteiger partial charge >= 0.3 is 0 Å². The SMILES string of the molecule is O=C1CCC(N2Cc3cc(C4CCN(Cc5cccc(N6Cc7ccccc7S6(=O)=O)c5)CC4)ccc3C2=O)C(=O)N1. The highest BCUT2D eigenvalue weighted by atomic mass is 32.2. The van der Waals surface area contributed by atoms with E-state index >= 15 is 0 Å². The number of nitrogens with one attached hydrogen (secondary N) is 1. The highest BCUT2D eigenvalue weighted by Gasteiger charge is 2.39. The second-order valence-corrected chi connectivity index (χ2v) is 13.5. The van der Waals surface area contributed by atoms with Gasteiger partial charge in [0.25, 0.3) is 15.9 Å². The zero-order valence-corrected chi connectivity index (χ0v) is 24.0. The lowest BCUT2D eigenvalue weighted by atomic mass is 9.87. The summed E-state index contributed by atoms with van der Waals surface area (Å²) in [5.41, 5.74) is 5.40. The molecular weight excluding hydrogens is 552 g/mol. The van der Waals surface area contributed by atoms with Crippen LogP contribution in [-0.4, -0.2) is 55.1 Å². The number of hydrogen-bond donors (Lipinski definition) is 1. The maximum absolute atomic E-state index is 13.1. The molecule has 1 N–H and O–H groups in total. The number of carbonyl (C=O) groups is 3. The van der Waals surface area contributed by atoms with Gasteiger partial charge in [-0.2, -0.15) is 0 Å². The molecule has 0 aromatic heterocycles. The fraction of sp³-hybridized carbons (Fsp3) is 0.344. The molecule has 9 nitrogen and oxygen atoms in total. The number of hydrogen-bond acceptors (Lipinski definition) is 6. The van der Waals surface area contributed by atoms with Crippen molar-refractivity contribution in [3.63, 3.8) is 0 Å². The lowest BCUT2D eigenvalue weighted by Crippen LogP contribution is -2.52. The van der Waals surface area contributed by atoms with Gasteiger partial charge < -0.3 is 4.90 Å². The van der Waals surface area contributed by atoms with Gasteiger partial charge in [-0.25, -0.2) is 8.42 Å². The van der Waals surface area contributed by atoms with Gasteiger partial charge in [-0.3, -0.25) is 28.9 Å². The van der Waals surface area contributed by atoms with Crippen molar-refractivity contribution < 1.29 is 22.8 Å². The van der Waals surface area contributed by atoms with Gasteiger partial charge in [0.05, 0.1) is 17.1 Å². The summed E-state index contributed by atoms with van der Waals surface area (Å²) in [6.45, 7) is 3.33. The maximum atomic E-state index is 13.1. The fourth-order valence-electron chi connectivity index (χ4n) is 6.82. The molecule has 2 fully saturated rings. The van der Waals surface area contributed by atoms with Crippen molar-refractivity contribution in [1.82, 2.24) is 15.1 Å². The maximum Gasteiger partial charge on any atom is 0.264 e. The number of fused-ring (bicyclic) bond motifs is 2. The number of carbonyl (C=O) groups excluding carboxylic acids is 3. The molecule has 42 heavy (non-hydrogen) atoms. The number of amides is 3. The minimum absolute atomic E-state index is 0.145. The van der Waals surface area contributed by atoms with Gasteiger partial charge in [0.1, 0.15) is 6.04 Å². The largest absolute Gasteiger partial charge is 0.322 e. The van der Waals surface area contributed by atoms with E-state index in [1.54, 1.807) is 17.0 Å². The quantitative estimate of drug-likeness (QED) is 0.460. The zero-order chi connectivity index (χ0) is 29.0. The highest BCUT2D eigenvalue weighted by molar-refractivity contribution is 7.93. The molecule has 10 heteroatoms. The van der Waals surface area contributed by atoms with E-state index in [9.17, 15) is 22.8 Å². The summed E-state index contributed by atoms with van der Waals surface area (Å²) in [7, 11) is -3.55. The van der Waals surface area contributed by atoms with Gasteiger partial charge in [0.2, 0.25) is 11.8 Å². The molecule has 0 spiro atoms. The van der Waals surface area contributed by atoms with Crippen LogP contribution in [0.15, 0.2) is 71.6 Å². The molecular formula is C32H32N4O5S. The summed E-state index contributed by atoms with van der Waals surface area (Å²) in [5.74, 6) is -0.440. The Morgan fingerprint density at radius 1 is 0.833 bits per heavy atom. The molecule has 3 aromatic carbocycles. The highest BCUT2D eigenvalue weighted by Crippen LogP contribution is 2.36. The summed E-state index contributed by atoms with van der Waals surface area (Å²) in [6, 6.07) is 20.5. The van der Waals surface area contributed by atoms with E-state index in [4.69, 9.17) is 0 Å². The predicted octanol–water partition coefficient (Wildman–Crippen LogP) is 3.54. The molecule has 216 valence electrons. The van der Waals surface area contributed by atoms with Crippen LogP contribution in [-0.2, 0) is 39.2 Å². The number of anilines is 1. The molecule has 4 heterocycles. The Bertz CT molecular complexity index is 1710. The molecule has 0 radical (unpaired) electrons. The third kappa shape index (κ3) is 4.68. The first kappa shape index (κ1) is 26.9. The van der Waals surface area contributed by atoms with Gasteiger partial charge in [0, 0.05) is 25.1 Å². The van der Waals surface area contributed by atoms with Crippen LogP contribution in [0.2, 0.25) is 0 Å². The smallest absolute Gasteiger partial charge is 0.264 e. The first-order valence-corrected chi connectivity index (χ1v) is 15.9. The lowest BCUT2D eigenvalue weighted by Gasteiger charge is -2.32. The van der Waals surface area contributed by atoms with Crippen LogP contribution < -0.4 is 9.62 Å². The van der Waals surface area contributed by atoms with Crippen molar-refractivity contribution in [2.75, 3.05) is 17.4 Å². The molecule has 4 aliphatic rings. The third-order valence-corrected chi connectivity index (χ3v) is 10.9. The monoisotopic (exact) mass is 584 g/mol. The molecule has 1 atom stereocenters. The number of rotatable bonds is 5. The minimum Gasteiger partial charge on any atom is -0.322 e. The Hall–Kier alpha value is -4.02. The Labute approximate surface area is 245 Å². The van der Waals surface area contributed by atoms with Gasteiger partial charge in [-0.05, 0) is 84.8 Å². The second-order valence-electron chi connectivity index (χ2n) is 11.7.